The van der Waals surface area contributed by atoms with Crippen molar-refractivity contribution in [1.82, 2.24) is 4.98 Å². The molecule has 0 aliphatic rings. The molecular weight excluding hydrogens is 272 g/mol. The summed E-state index contributed by atoms with van der Waals surface area (Å²) in [7, 11) is 0. The number of thioether (sulfide) groups is 1. The molecule has 0 fully saturated rings. The van der Waals surface area contributed by atoms with Crippen molar-refractivity contribution < 1.29 is 9.15 Å². The van der Waals surface area contributed by atoms with Crippen LogP contribution in [0.3, 0.4) is 0 Å². The number of hydrogen-bond acceptors (Lipinski definition) is 5. The average Bonchev–Trinajstić information content (AvgIpc) is 2.78. The van der Waals surface area contributed by atoms with Gasteiger partial charge in [-0.15, -0.1) is 0 Å². The van der Waals surface area contributed by atoms with Gasteiger partial charge in [0.05, 0.1) is 12.3 Å². The van der Waals surface area contributed by atoms with Gasteiger partial charge in [-0.2, -0.15) is 0 Å². The minimum absolute atomic E-state index is 0.500. The van der Waals surface area contributed by atoms with Gasteiger partial charge in [0, 0.05) is 17.9 Å². The standard InChI is InChI=1S/C15H20N2O2S/c1-11-12(2)19-15(17-11)20-9-5-8-18-14-7-4-3-6-13(14)10-16/h3-4,6-7H,5,8-10,16H2,1-2H3. The monoisotopic (exact) mass is 292 g/mol. The van der Waals surface area contributed by atoms with Gasteiger partial charge in [0.25, 0.3) is 5.22 Å². The van der Waals surface area contributed by atoms with Crippen molar-refractivity contribution >= 4 is 11.8 Å². The predicted octanol–water partition coefficient (Wildman–Crippen LogP) is 3.31. The summed E-state index contributed by atoms with van der Waals surface area (Å²) in [6.07, 6.45) is 0.935. The van der Waals surface area contributed by atoms with Crippen LogP contribution in [0.5, 0.6) is 5.75 Å². The van der Waals surface area contributed by atoms with E-state index in [1.54, 1.807) is 11.8 Å². The van der Waals surface area contributed by atoms with Gasteiger partial charge in [-0.25, -0.2) is 4.98 Å². The molecule has 0 aliphatic carbocycles. The first-order chi connectivity index (χ1) is 9.70. The molecule has 0 aliphatic heterocycles. The average molecular weight is 292 g/mol. The second-order valence-corrected chi connectivity index (χ2v) is 5.53. The van der Waals surface area contributed by atoms with Gasteiger partial charge in [-0.1, -0.05) is 30.0 Å². The van der Waals surface area contributed by atoms with Gasteiger partial charge in [0.15, 0.2) is 0 Å². The maximum atomic E-state index is 5.75. The Bertz CT molecular complexity index is 535. The van der Waals surface area contributed by atoms with Crippen molar-refractivity contribution in [3.05, 3.63) is 41.3 Å². The Morgan fingerprint density at radius 3 is 2.80 bits per heavy atom. The highest BCUT2D eigenvalue weighted by Gasteiger charge is 2.06. The topological polar surface area (TPSA) is 61.3 Å². The summed E-state index contributed by atoms with van der Waals surface area (Å²) in [5.41, 5.74) is 7.67. The second kappa shape index (κ2) is 7.36. The molecule has 0 bridgehead atoms. The maximum Gasteiger partial charge on any atom is 0.256 e. The van der Waals surface area contributed by atoms with Gasteiger partial charge in [-0.05, 0) is 26.3 Å². The highest BCUT2D eigenvalue weighted by molar-refractivity contribution is 7.99. The zero-order chi connectivity index (χ0) is 14.4. The summed E-state index contributed by atoms with van der Waals surface area (Å²) >= 11 is 1.62. The van der Waals surface area contributed by atoms with Crippen LogP contribution < -0.4 is 10.5 Å². The van der Waals surface area contributed by atoms with E-state index in [9.17, 15) is 0 Å². The molecule has 5 heteroatoms. The Hall–Kier alpha value is -1.46. The molecule has 0 unspecified atom stereocenters. The number of rotatable bonds is 7. The Kier molecular flexibility index (Phi) is 5.49. The van der Waals surface area contributed by atoms with Crippen LogP contribution >= 0.6 is 11.8 Å². The molecule has 0 saturated heterocycles. The molecule has 0 atom stereocenters. The van der Waals surface area contributed by atoms with Crippen molar-refractivity contribution in [2.45, 2.75) is 32.0 Å². The highest BCUT2D eigenvalue weighted by Crippen LogP contribution is 2.21. The lowest BCUT2D eigenvalue weighted by atomic mass is 10.2. The molecule has 0 radical (unpaired) electrons. The molecule has 4 nitrogen and oxygen atoms in total. The summed E-state index contributed by atoms with van der Waals surface area (Å²) in [4.78, 5) is 4.33. The van der Waals surface area contributed by atoms with E-state index in [2.05, 4.69) is 4.98 Å². The minimum Gasteiger partial charge on any atom is -0.493 e. The Balaban J connectivity index is 1.71. The van der Waals surface area contributed by atoms with E-state index in [-0.39, 0.29) is 0 Å². The summed E-state index contributed by atoms with van der Waals surface area (Å²) in [5.74, 6) is 2.69. The van der Waals surface area contributed by atoms with Crippen molar-refractivity contribution in [1.29, 1.82) is 0 Å². The second-order valence-electron chi connectivity index (χ2n) is 4.48. The number of benzene rings is 1. The van der Waals surface area contributed by atoms with Crippen LogP contribution in [0.25, 0.3) is 0 Å². The number of aryl methyl sites for hydroxylation is 2. The van der Waals surface area contributed by atoms with E-state index in [1.807, 2.05) is 38.1 Å². The van der Waals surface area contributed by atoms with Crippen molar-refractivity contribution in [3.8, 4) is 5.75 Å². The normalized spacial score (nSPS) is 10.8. The molecule has 0 spiro atoms. The van der Waals surface area contributed by atoms with Gasteiger partial charge < -0.3 is 14.9 Å². The molecule has 108 valence electrons. The number of nitrogens with zero attached hydrogens (tertiary/aromatic N) is 1. The number of para-hydroxylation sites is 1. The molecular formula is C15H20N2O2S. The fourth-order valence-electron chi connectivity index (χ4n) is 1.72. The van der Waals surface area contributed by atoms with Crippen LogP contribution in [-0.2, 0) is 6.54 Å². The van der Waals surface area contributed by atoms with E-state index >= 15 is 0 Å². The van der Waals surface area contributed by atoms with Crippen LogP contribution in [0.4, 0.5) is 0 Å². The zero-order valence-corrected chi connectivity index (χ0v) is 12.7. The first kappa shape index (κ1) is 14.9. The highest BCUT2D eigenvalue weighted by atomic mass is 32.2. The first-order valence-corrected chi connectivity index (χ1v) is 7.67. The smallest absolute Gasteiger partial charge is 0.256 e. The zero-order valence-electron chi connectivity index (χ0n) is 11.9. The molecule has 20 heavy (non-hydrogen) atoms. The minimum atomic E-state index is 0.500. The Morgan fingerprint density at radius 2 is 2.10 bits per heavy atom. The van der Waals surface area contributed by atoms with Gasteiger partial charge in [-0.3, -0.25) is 0 Å². The van der Waals surface area contributed by atoms with Gasteiger partial charge in [0.2, 0.25) is 0 Å². The lowest BCUT2D eigenvalue weighted by Gasteiger charge is -2.09. The molecule has 2 N–H and O–H groups in total. The molecule has 0 saturated carbocycles. The Morgan fingerprint density at radius 1 is 1.30 bits per heavy atom. The number of hydrogen-bond donors (Lipinski definition) is 1. The van der Waals surface area contributed by atoms with E-state index in [0.29, 0.717) is 13.2 Å². The lowest BCUT2D eigenvalue weighted by Crippen LogP contribution is -2.04. The summed E-state index contributed by atoms with van der Waals surface area (Å²) in [6, 6.07) is 7.87. The van der Waals surface area contributed by atoms with Crippen molar-refractivity contribution in [2.24, 2.45) is 5.73 Å². The van der Waals surface area contributed by atoms with Crippen molar-refractivity contribution in [3.63, 3.8) is 0 Å². The van der Waals surface area contributed by atoms with Crippen LogP contribution in [0, 0.1) is 13.8 Å². The van der Waals surface area contributed by atoms with E-state index in [1.165, 1.54) is 0 Å². The van der Waals surface area contributed by atoms with E-state index in [0.717, 1.165) is 40.2 Å². The quantitative estimate of drug-likeness (QED) is 0.626. The number of oxazole rings is 1. The third-order valence-electron chi connectivity index (χ3n) is 2.97. The largest absolute Gasteiger partial charge is 0.493 e. The van der Waals surface area contributed by atoms with Crippen LogP contribution in [-0.4, -0.2) is 17.3 Å². The fourth-order valence-corrected chi connectivity index (χ4v) is 2.54. The van der Waals surface area contributed by atoms with Crippen LogP contribution in [0.2, 0.25) is 0 Å². The lowest BCUT2D eigenvalue weighted by molar-refractivity contribution is 0.315. The fraction of sp³-hybridized carbons (Fsp3) is 0.400. The molecule has 1 aromatic carbocycles. The number of nitrogens with two attached hydrogens (primary N) is 1. The summed E-state index contributed by atoms with van der Waals surface area (Å²) in [5, 5.41) is 0.738. The molecule has 1 heterocycles. The van der Waals surface area contributed by atoms with Gasteiger partial charge in [0.1, 0.15) is 11.5 Å². The SMILES string of the molecule is Cc1nc(SCCCOc2ccccc2CN)oc1C. The number of aromatic nitrogens is 1. The molecule has 2 aromatic rings. The predicted molar refractivity (Wildman–Crippen MR) is 81.1 cm³/mol. The summed E-state index contributed by atoms with van der Waals surface area (Å²) in [6.45, 7) is 5.05. The molecule has 1 aromatic heterocycles. The number of ether oxygens (including phenoxy) is 1. The third-order valence-corrected chi connectivity index (χ3v) is 3.89. The third kappa shape index (κ3) is 4.02. The maximum absolute atomic E-state index is 5.75. The van der Waals surface area contributed by atoms with E-state index in [4.69, 9.17) is 14.9 Å². The van der Waals surface area contributed by atoms with Crippen LogP contribution in [0.15, 0.2) is 33.9 Å². The molecule has 2 rings (SSSR count). The first-order valence-electron chi connectivity index (χ1n) is 6.68. The Labute approximate surface area is 123 Å². The van der Waals surface area contributed by atoms with Gasteiger partial charge >= 0.3 is 0 Å². The van der Waals surface area contributed by atoms with Crippen molar-refractivity contribution in [2.75, 3.05) is 12.4 Å². The van der Waals surface area contributed by atoms with Crippen LogP contribution in [0.1, 0.15) is 23.4 Å². The molecule has 0 amide bonds. The summed E-state index contributed by atoms with van der Waals surface area (Å²) < 4.78 is 11.3. The van der Waals surface area contributed by atoms with E-state index < -0.39 is 0 Å².